The normalized spacial score (nSPS) is 10.4. The zero-order valence-electron chi connectivity index (χ0n) is 10.6. The van der Waals surface area contributed by atoms with Gasteiger partial charge >= 0.3 is 5.69 Å². The minimum absolute atomic E-state index is 0.278. The van der Waals surface area contributed by atoms with Gasteiger partial charge in [-0.05, 0) is 13.3 Å². The molecular weight excluding hydrogens is 248 g/mol. The minimum atomic E-state index is -0.278. The van der Waals surface area contributed by atoms with Crippen molar-refractivity contribution in [2.24, 2.45) is 0 Å². The molecule has 2 rings (SSSR count). The van der Waals surface area contributed by atoms with Crippen LogP contribution in [0.2, 0.25) is 0 Å². The van der Waals surface area contributed by atoms with Gasteiger partial charge in [-0.2, -0.15) is 5.10 Å². The lowest BCUT2D eigenvalue weighted by molar-refractivity contribution is 0.326. The summed E-state index contributed by atoms with van der Waals surface area (Å²) in [5.41, 5.74) is -0.278. The third-order valence-electron chi connectivity index (χ3n) is 2.38. The summed E-state index contributed by atoms with van der Waals surface area (Å²) in [5.74, 6) is 1.93. The van der Waals surface area contributed by atoms with E-state index in [9.17, 15) is 4.79 Å². The van der Waals surface area contributed by atoms with Crippen LogP contribution in [0.15, 0.2) is 17.2 Å². The Kier molecular flexibility index (Phi) is 4.49. The second-order valence-corrected chi connectivity index (χ2v) is 3.83. The van der Waals surface area contributed by atoms with Crippen LogP contribution in [-0.2, 0) is 6.42 Å². The SMILES string of the molecule is CCOc1cc(NCCCc2n[nH]c(=O)[nH]2)ncn1. The van der Waals surface area contributed by atoms with Crippen molar-refractivity contribution in [1.29, 1.82) is 0 Å². The Labute approximate surface area is 109 Å². The molecule has 8 nitrogen and oxygen atoms in total. The average molecular weight is 264 g/mol. The predicted molar refractivity (Wildman–Crippen MR) is 69.2 cm³/mol. The van der Waals surface area contributed by atoms with E-state index in [1.54, 1.807) is 6.07 Å². The molecule has 19 heavy (non-hydrogen) atoms. The molecule has 102 valence electrons. The first-order valence-corrected chi connectivity index (χ1v) is 6.10. The fourth-order valence-electron chi connectivity index (χ4n) is 1.56. The standard InChI is InChI=1S/C11H16N6O2/c1-2-19-10-6-9(13-7-14-10)12-5-3-4-8-15-11(18)17-16-8/h6-7H,2-5H2,1H3,(H,12,13,14)(H2,15,16,17,18). The van der Waals surface area contributed by atoms with Gasteiger partial charge in [0.15, 0.2) is 0 Å². The summed E-state index contributed by atoms with van der Waals surface area (Å²) >= 11 is 0. The van der Waals surface area contributed by atoms with Crippen LogP contribution >= 0.6 is 0 Å². The number of hydrogen-bond acceptors (Lipinski definition) is 6. The maximum atomic E-state index is 10.8. The van der Waals surface area contributed by atoms with Gasteiger partial charge in [-0.3, -0.25) is 4.98 Å². The Bertz CT molecular complexity index is 564. The molecule has 0 aliphatic rings. The van der Waals surface area contributed by atoms with E-state index in [1.807, 2.05) is 6.92 Å². The molecule has 0 radical (unpaired) electrons. The van der Waals surface area contributed by atoms with Gasteiger partial charge in [0, 0.05) is 19.0 Å². The van der Waals surface area contributed by atoms with E-state index in [1.165, 1.54) is 6.33 Å². The second kappa shape index (κ2) is 6.53. The smallest absolute Gasteiger partial charge is 0.340 e. The van der Waals surface area contributed by atoms with Crippen LogP contribution in [-0.4, -0.2) is 38.3 Å². The molecule has 0 atom stereocenters. The lowest BCUT2D eigenvalue weighted by Crippen LogP contribution is -2.06. The summed E-state index contributed by atoms with van der Waals surface area (Å²) in [7, 11) is 0. The molecule has 0 saturated carbocycles. The van der Waals surface area contributed by atoms with Crippen LogP contribution in [0.25, 0.3) is 0 Å². The molecule has 2 heterocycles. The van der Waals surface area contributed by atoms with Crippen LogP contribution in [0.5, 0.6) is 5.88 Å². The number of hydrogen-bond donors (Lipinski definition) is 3. The predicted octanol–water partition coefficient (Wildman–Crippen LogP) is 0.331. The zero-order chi connectivity index (χ0) is 13.5. The minimum Gasteiger partial charge on any atom is -0.478 e. The molecule has 0 bridgehead atoms. The third-order valence-corrected chi connectivity index (χ3v) is 2.38. The van der Waals surface area contributed by atoms with Crippen molar-refractivity contribution in [3.63, 3.8) is 0 Å². The van der Waals surface area contributed by atoms with Gasteiger partial charge in [-0.25, -0.2) is 19.9 Å². The number of nitrogens with zero attached hydrogens (tertiary/aromatic N) is 3. The number of anilines is 1. The van der Waals surface area contributed by atoms with E-state index < -0.39 is 0 Å². The molecule has 0 spiro atoms. The Morgan fingerprint density at radius 2 is 2.32 bits per heavy atom. The van der Waals surface area contributed by atoms with E-state index >= 15 is 0 Å². The molecule has 3 N–H and O–H groups in total. The van der Waals surface area contributed by atoms with E-state index in [2.05, 4.69) is 30.5 Å². The fourth-order valence-corrected chi connectivity index (χ4v) is 1.56. The van der Waals surface area contributed by atoms with E-state index in [0.29, 0.717) is 30.5 Å². The number of H-pyrrole nitrogens is 2. The molecule has 0 aliphatic heterocycles. The molecule has 2 aromatic heterocycles. The van der Waals surface area contributed by atoms with Gasteiger partial charge in [-0.1, -0.05) is 0 Å². The first-order chi connectivity index (χ1) is 9.28. The molecule has 0 fully saturated rings. The maximum absolute atomic E-state index is 10.8. The summed E-state index contributed by atoms with van der Waals surface area (Å²) in [6.07, 6.45) is 2.97. The van der Waals surface area contributed by atoms with Crippen molar-refractivity contribution >= 4 is 5.82 Å². The molecule has 0 aliphatic carbocycles. The molecular formula is C11H16N6O2. The monoisotopic (exact) mass is 264 g/mol. The second-order valence-electron chi connectivity index (χ2n) is 3.83. The van der Waals surface area contributed by atoms with Crippen LogP contribution < -0.4 is 15.7 Å². The zero-order valence-corrected chi connectivity index (χ0v) is 10.6. The Morgan fingerprint density at radius 1 is 1.42 bits per heavy atom. The van der Waals surface area contributed by atoms with Crippen molar-refractivity contribution < 1.29 is 4.74 Å². The van der Waals surface area contributed by atoms with Gasteiger partial charge in [-0.15, -0.1) is 0 Å². The fraction of sp³-hybridized carbons (Fsp3) is 0.455. The van der Waals surface area contributed by atoms with Gasteiger partial charge in [0.1, 0.15) is 18.0 Å². The Balaban J connectivity index is 1.76. The summed E-state index contributed by atoms with van der Waals surface area (Å²) in [6.45, 7) is 3.19. The first-order valence-electron chi connectivity index (χ1n) is 6.10. The number of aromatic nitrogens is 5. The molecule has 0 aromatic carbocycles. The van der Waals surface area contributed by atoms with Crippen LogP contribution in [0, 0.1) is 0 Å². The average Bonchev–Trinajstić information content (AvgIpc) is 2.82. The van der Waals surface area contributed by atoms with E-state index in [4.69, 9.17) is 4.74 Å². The van der Waals surface area contributed by atoms with Crippen molar-refractivity contribution in [3.8, 4) is 5.88 Å². The highest BCUT2D eigenvalue weighted by molar-refractivity contribution is 5.36. The largest absolute Gasteiger partial charge is 0.478 e. The number of aryl methyl sites for hydroxylation is 1. The number of ether oxygens (including phenoxy) is 1. The highest BCUT2D eigenvalue weighted by Gasteiger charge is 2.00. The number of rotatable bonds is 7. The van der Waals surface area contributed by atoms with Crippen molar-refractivity contribution in [1.82, 2.24) is 25.1 Å². The highest BCUT2D eigenvalue weighted by atomic mass is 16.5. The molecule has 0 unspecified atom stereocenters. The van der Waals surface area contributed by atoms with Gasteiger partial charge in [0.05, 0.1) is 6.61 Å². The van der Waals surface area contributed by atoms with Crippen molar-refractivity contribution in [3.05, 3.63) is 28.7 Å². The topological polar surface area (TPSA) is 109 Å². The lowest BCUT2D eigenvalue weighted by Gasteiger charge is -2.06. The number of aromatic amines is 2. The molecule has 8 heteroatoms. The molecule has 2 aromatic rings. The van der Waals surface area contributed by atoms with Crippen molar-refractivity contribution in [2.45, 2.75) is 19.8 Å². The number of nitrogens with one attached hydrogen (secondary N) is 3. The quantitative estimate of drug-likeness (QED) is 0.622. The van der Waals surface area contributed by atoms with Gasteiger partial charge in [0.2, 0.25) is 5.88 Å². The molecule has 0 saturated heterocycles. The summed E-state index contributed by atoms with van der Waals surface area (Å²) in [6, 6.07) is 1.75. The summed E-state index contributed by atoms with van der Waals surface area (Å²) in [4.78, 5) is 21.5. The van der Waals surface area contributed by atoms with Crippen LogP contribution in [0.3, 0.4) is 0 Å². The van der Waals surface area contributed by atoms with E-state index in [-0.39, 0.29) is 5.69 Å². The Morgan fingerprint density at radius 3 is 3.05 bits per heavy atom. The van der Waals surface area contributed by atoms with Gasteiger partial charge < -0.3 is 10.1 Å². The lowest BCUT2D eigenvalue weighted by atomic mass is 10.3. The van der Waals surface area contributed by atoms with Crippen molar-refractivity contribution in [2.75, 3.05) is 18.5 Å². The van der Waals surface area contributed by atoms with Crippen LogP contribution in [0.1, 0.15) is 19.2 Å². The molecule has 0 amide bonds. The van der Waals surface area contributed by atoms with E-state index in [0.717, 1.165) is 13.0 Å². The highest BCUT2D eigenvalue weighted by Crippen LogP contribution is 2.10. The summed E-state index contributed by atoms with van der Waals surface area (Å²) < 4.78 is 5.28. The first kappa shape index (κ1) is 13.1. The maximum Gasteiger partial charge on any atom is 0.340 e. The van der Waals surface area contributed by atoms with Crippen LogP contribution in [0.4, 0.5) is 5.82 Å². The summed E-state index contributed by atoms with van der Waals surface area (Å²) in [5, 5.41) is 9.32. The Hall–Kier alpha value is -2.38. The third kappa shape index (κ3) is 4.09. The van der Waals surface area contributed by atoms with Gasteiger partial charge in [0.25, 0.3) is 0 Å².